The monoisotopic (exact) mass is 283 g/mol. The van der Waals surface area contributed by atoms with Crippen molar-refractivity contribution < 1.29 is 9.53 Å². The molecule has 0 aliphatic heterocycles. The molecule has 19 heavy (non-hydrogen) atoms. The minimum atomic E-state index is -0.543. The van der Waals surface area contributed by atoms with E-state index in [-0.39, 0.29) is 12.0 Å². The minimum Gasteiger partial charge on any atom is -0.468 e. The third kappa shape index (κ3) is 2.49. The third-order valence-electron chi connectivity index (χ3n) is 4.07. The van der Waals surface area contributed by atoms with Gasteiger partial charge in [-0.3, -0.25) is 14.8 Å². The number of methoxy groups -OCH3 is 1. The zero-order chi connectivity index (χ0) is 13.5. The van der Waals surface area contributed by atoms with E-state index in [0.717, 1.165) is 25.7 Å². The Morgan fingerprint density at radius 1 is 1.58 bits per heavy atom. The fourth-order valence-corrected chi connectivity index (χ4v) is 3.09. The van der Waals surface area contributed by atoms with Crippen LogP contribution < -0.4 is 5.32 Å². The van der Waals surface area contributed by atoms with E-state index < -0.39 is 5.54 Å². The van der Waals surface area contributed by atoms with Gasteiger partial charge in [0.15, 0.2) is 0 Å². The highest BCUT2D eigenvalue weighted by Gasteiger charge is 2.49. The highest BCUT2D eigenvalue weighted by molar-refractivity contribution is 6.30. The standard InChI is InChI=1S/C13H18ClN3O2/c1-19-12(18)13(16-10-2-3-10)5-4-11(6-13)17-8-9(14)7-15-17/h7-8,10-11,16H,2-6H2,1H3. The van der Waals surface area contributed by atoms with E-state index in [1.54, 1.807) is 6.20 Å². The first-order valence-corrected chi connectivity index (χ1v) is 7.06. The molecule has 0 saturated heterocycles. The SMILES string of the molecule is COC(=O)C1(NC2CC2)CCC(n2cc(Cl)cn2)C1. The first-order valence-electron chi connectivity index (χ1n) is 6.69. The summed E-state index contributed by atoms with van der Waals surface area (Å²) < 4.78 is 6.86. The van der Waals surface area contributed by atoms with Gasteiger partial charge in [-0.2, -0.15) is 5.10 Å². The van der Waals surface area contributed by atoms with Crippen LogP contribution in [0, 0.1) is 0 Å². The normalized spacial score (nSPS) is 30.5. The Balaban J connectivity index is 1.77. The summed E-state index contributed by atoms with van der Waals surface area (Å²) in [5, 5.41) is 8.35. The van der Waals surface area contributed by atoms with Crippen LogP contribution in [0.1, 0.15) is 38.1 Å². The zero-order valence-corrected chi connectivity index (χ0v) is 11.7. The topological polar surface area (TPSA) is 56.1 Å². The fourth-order valence-electron chi connectivity index (χ4n) is 2.95. The van der Waals surface area contributed by atoms with Gasteiger partial charge in [-0.05, 0) is 32.1 Å². The van der Waals surface area contributed by atoms with E-state index in [1.807, 2.05) is 10.9 Å². The molecular weight excluding hydrogens is 266 g/mol. The Morgan fingerprint density at radius 3 is 2.95 bits per heavy atom. The van der Waals surface area contributed by atoms with Gasteiger partial charge in [-0.1, -0.05) is 11.6 Å². The summed E-state index contributed by atoms with van der Waals surface area (Å²) in [6, 6.07) is 0.678. The first-order chi connectivity index (χ1) is 9.13. The maximum atomic E-state index is 12.1. The minimum absolute atomic E-state index is 0.153. The molecule has 2 aliphatic carbocycles. The van der Waals surface area contributed by atoms with E-state index >= 15 is 0 Å². The molecule has 2 fully saturated rings. The van der Waals surface area contributed by atoms with Crippen LogP contribution in [0.15, 0.2) is 12.4 Å². The summed E-state index contributed by atoms with van der Waals surface area (Å²) >= 11 is 5.90. The Kier molecular flexibility index (Phi) is 3.27. The van der Waals surface area contributed by atoms with Gasteiger partial charge in [-0.25, -0.2) is 0 Å². The van der Waals surface area contributed by atoms with Gasteiger partial charge in [0.05, 0.1) is 24.4 Å². The number of hydrogen-bond donors (Lipinski definition) is 1. The lowest BCUT2D eigenvalue weighted by atomic mass is 9.97. The van der Waals surface area contributed by atoms with Gasteiger partial charge < -0.3 is 4.74 Å². The van der Waals surface area contributed by atoms with Gasteiger partial charge in [0.1, 0.15) is 5.54 Å². The van der Waals surface area contributed by atoms with Crippen molar-refractivity contribution in [1.82, 2.24) is 15.1 Å². The molecule has 0 aromatic carbocycles. The Labute approximate surface area is 117 Å². The second-order valence-electron chi connectivity index (χ2n) is 5.53. The van der Waals surface area contributed by atoms with Crippen LogP contribution in [-0.4, -0.2) is 34.4 Å². The lowest BCUT2D eigenvalue weighted by molar-refractivity contribution is -0.148. The lowest BCUT2D eigenvalue weighted by Gasteiger charge is -2.27. The van der Waals surface area contributed by atoms with Crippen LogP contribution in [-0.2, 0) is 9.53 Å². The number of nitrogens with zero attached hydrogens (tertiary/aromatic N) is 2. The van der Waals surface area contributed by atoms with E-state index in [2.05, 4.69) is 10.4 Å². The van der Waals surface area contributed by atoms with Crippen molar-refractivity contribution in [2.75, 3.05) is 7.11 Å². The number of carbonyl (C=O) groups is 1. The van der Waals surface area contributed by atoms with Crippen LogP contribution in [0.3, 0.4) is 0 Å². The van der Waals surface area contributed by atoms with Gasteiger partial charge >= 0.3 is 5.97 Å². The summed E-state index contributed by atoms with van der Waals surface area (Å²) in [5.41, 5.74) is -0.543. The van der Waals surface area contributed by atoms with Crippen molar-refractivity contribution in [3.05, 3.63) is 17.4 Å². The molecule has 3 rings (SSSR count). The molecule has 2 aliphatic rings. The van der Waals surface area contributed by atoms with Crippen LogP contribution in [0.4, 0.5) is 0 Å². The summed E-state index contributed by atoms with van der Waals surface area (Å²) in [6.07, 6.45) is 8.16. The number of esters is 1. The number of ether oxygens (including phenoxy) is 1. The van der Waals surface area contributed by atoms with Crippen LogP contribution in [0.5, 0.6) is 0 Å². The zero-order valence-electron chi connectivity index (χ0n) is 10.9. The van der Waals surface area contributed by atoms with Gasteiger partial charge in [0.25, 0.3) is 0 Å². The fraction of sp³-hybridized carbons (Fsp3) is 0.692. The lowest BCUT2D eigenvalue weighted by Crippen LogP contribution is -2.51. The summed E-state index contributed by atoms with van der Waals surface area (Å²) in [6.45, 7) is 0. The molecule has 104 valence electrons. The van der Waals surface area contributed by atoms with Crippen LogP contribution in [0.25, 0.3) is 0 Å². The number of halogens is 1. The molecule has 1 aromatic rings. The number of hydrogen-bond acceptors (Lipinski definition) is 4. The quantitative estimate of drug-likeness (QED) is 0.858. The van der Waals surface area contributed by atoms with Crippen molar-refractivity contribution in [3.8, 4) is 0 Å². The summed E-state index contributed by atoms with van der Waals surface area (Å²) in [4.78, 5) is 12.1. The third-order valence-corrected chi connectivity index (χ3v) is 4.26. The predicted octanol–water partition coefficient (Wildman–Crippen LogP) is 1.93. The number of carbonyl (C=O) groups excluding carboxylic acids is 1. The Morgan fingerprint density at radius 2 is 2.37 bits per heavy atom. The second-order valence-corrected chi connectivity index (χ2v) is 5.96. The van der Waals surface area contributed by atoms with E-state index in [4.69, 9.17) is 16.3 Å². The van der Waals surface area contributed by atoms with E-state index in [9.17, 15) is 4.79 Å². The Bertz CT molecular complexity index is 486. The number of nitrogens with one attached hydrogen (secondary N) is 1. The molecule has 1 heterocycles. The van der Waals surface area contributed by atoms with E-state index in [1.165, 1.54) is 7.11 Å². The molecule has 5 nitrogen and oxygen atoms in total. The van der Waals surface area contributed by atoms with Crippen molar-refractivity contribution in [2.24, 2.45) is 0 Å². The summed E-state index contributed by atoms with van der Waals surface area (Å²) in [7, 11) is 1.46. The molecule has 1 N–H and O–H groups in total. The Hall–Kier alpha value is -1.07. The van der Waals surface area contributed by atoms with Gasteiger partial charge in [0, 0.05) is 12.2 Å². The average Bonchev–Trinajstić information content (AvgIpc) is 2.93. The summed E-state index contributed by atoms with van der Waals surface area (Å²) in [5.74, 6) is -0.153. The van der Waals surface area contributed by atoms with Crippen molar-refractivity contribution in [1.29, 1.82) is 0 Å². The number of aromatic nitrogens is 2. The largest absolute Gasteiger partial charge is 0.468 e. The highest BCUT2D eigenvalue weighted by Crippen LogP contribution is 2.40. The molecular formula is C13H18ClN3O2. The maximum Gasteiger partial charge on any atom is 0.326 e. The molecule has 0 spiro atoms. The predicted molar refractivity (Wildman–Crippen MR) is 71.0 cm³/mol. The highest BCUT2D eigenvalue weighted by atomic mass is 35.5. The molecule has 2 atom stereocenters. The van der Waals surface area contributed by atoms with Crippen molar-refractivity contribution in [3.63, 3.8) is 0 Å². The average molecular weight is 284 g/mol. The smallest absolute Gasteiger partial charge is 0.326 e. The van der Waals surface area contributed by atoms with Crippen molar-refractivity contribution in [2.45, 2.75) is 49.7 Å². The first kappa shape index (κ1) is 12.9. The van der Waals surface area contributed by atoms with Crippen molar-refractivity contribution >= 4 is 17.6 Å². The molecule has 2 unspecified atom stereocenters. The van der Waals surface area contributed by atoms with Gasteiger partial charge in [-0.15, -0.1) is 0 Å². The van der Waals surface area contributed by atoms with E-state index in [0.29, 0.717) is 17.5 Å². The molecule has 0 bridgehead atoms. The van der Waals surface area contributed by atoms with Crippen LogP contribution >= 0.6 is 11.6 Å². The molecule has 6 heteroatoms. The molecule has 0 radical (unpaired) electrons. The van der Waals surface area contributed by atoms with Crippen LogP contribution in [0.2, 0.25) is 5.02 Å². The molecule has 2 saturated carbocycles. The second kappa shape index (κ2) is 4.80. The van der Waals surface area contributed by atoms with Gasteiger partial charge in [0.2, 0.25) is 0 Å². The maximum absolute atomic E-state index is 12.1. The number of rotatable bonds is 4. The molecule has 1 aromatic heterocycles. The molecule has 0 amide bonds.